The molecule has 10 aromatic rings. The zero-order chi connectivity index (χ0) is 37.6. The number of aromatic hydroxyl groups is 1. The lowest BCUT2D eigenvalue weighted by atomic mass is 9.99. The molecule has 3 heterocycles. The van der Waals surface area contributed by atoms with E-state index < -0.39 is 0 Å². The number of benzene rings is 7. The van der Waals surface area contributed by atoms with E-state index in [1.807, 2.05) is 73.2 Å². The SMILES string of the molecule is Brc1ccc2[nH]ccc2c1.COc1ccccc1-c1ccc(-c2ccc3[nH]ccc3c2)cc1.Oc1ccccc1-c1ccc(-c2ccc3[nH]ccc3c2)cc1. The van der Waals surface area contributed by atoms with E-state index in [0.29, 0.717) is 5.75 Å². The normalized spacial score (nSPS) is 10.8. The zero-order valence-corrected chi connectivity index (χ0v) is 31.7. The quantitative estimate of drug-likeness (QED) is 0.140. The summed E-state index contributed by atoms with van der Waals surface area (Å²) in [4.78, 5) is 9.56. The Labute approximate surface area is 328 Å². The number of methoxy groups -OCH3 is 1. The maximum absolute atomic E-state index is 9.94. The van der Waals surface area contributed by atoms with E-state index in [0.717, 1.165) is 38.0 Å². The molecule has 0 amide bonds. The van der Waals surface area contributed by atoms with Gasteiger partial charge in [0.05, 0.1) is 7.11 Å². The van der Waals surface area contributed by atoms with Crippen molar-refractivity contribution in [3.63, 3.8) is 0 Å². The van der Waals surface area contributed by atoms with Crippen molar-refractivity contribution in [2.45, 2.75) is 0 Å². The average Bonchev–Trinajstić information content (AvgIpc) is 4.03. The van der Waals surface area contributed by atoms with Gasteiger partial charge in [-0.3, -0.25) is 0 Å². The summed E-state index contributed by atoms with van der Waals surface area (Å²) in [5, 5.41) is 13.6. The molecule has 10 rings (SSSR count). The third kappa shape index (κ3) is 7.96. The Morgan fingerprint density at radius 3 is 1.36 bits per heavy atom. The number of nitrogens with one attached hydrogen (secondary N) is 3. The number of para-hydroxylation sites is 2. The summed E-state index contributed by atoms with van der Waals surface area (Å²) in [6, 6.07) is 57.7. The number of aromatic amines is 3. The highest BCUT2D eigenvalue weighted by Crippen LogP contribution is 2.33. The zero-order valence-electron chi connectivity index (χ0n) is 30.1. The van der Waals surface area contributed by atoms with Gasteiger partial charge in [0.25, 0.3) is 0 Å². The molecule has 5 nitrogen and oxygen atoms in total. The van der Waals surface area contributed by atoms with Gasteiger partial charge in [-0.25, -0.2) is 0 Å². The van der Waals surface area contributed by atoms with Crippen molar-refractivity contribution in [1.29, 1.82) is 0 Å². The van der Waals surface area contributed by atoms with E-state index in [1.165, 1.54) is 49.4 Å². The smallest absolute Gasteiger partial charge is 0.126 e. The van der Waals surface area contributed by atoms with Crippen LogP contribution in [0.15, 0.2) is 193 Å². The minimum atomic E-state index is 0.309. The monoisotopic (exact) mass is 779 g/mol. The molecule has 7 aromatic carbocycles. The number of hydrogen-bond acceptors (Lipinski definition) is 2. The van der Waals surface area contributed by atoms with Crippen molar-refractivity contribution in [3.05, 3.63) is 193 Å². The van der Waals surface area contributed by atoms with Gasteiger partial charge in [-0.15, -0.1) is 0 Å². The Kier molecular flexibility index (Phi) is 10.3. The van der Waals surface area contributed by atoms with Crippen molar-refractivity contribution in [2.75, 3.05) is 7.11 Å². The maximum Gasteiger partial charge on any atom is 0.126 e. The number of phenolic OH excluding ortho intramolecular Hbond substituents is 1. The molecule has 0 aliphatic heterocycles. The van der Waals surface area contributed by atoms with Gasteiger partial charge in [0.2, 0.25) is 0 Å². The van der Waals surface area contributed by atoms with E-state index in [-0.39, 0.29) is 0 Å². The van der Waals surface area contributed by atoms with Crippen LogP contribution in [0.5, 0.6) is 11.5 Å². The molecule has 0 spiro atoms. The van der Waals surface area contributed by atoms with E-state index in [1.54, 1.807) is 13.2 Å². The van der Waals surface area contributed by atoms with Gasteiger partial charge in [0.1, 0.15) is 11.5 Å². The standard InChI is InChI=1S/C21H17NO.C20H15NO.C8H6BrN/c1-23-21-5-3-2-4-19(21)16-8-6-15(7-9-16)17-10-11-20-18(14-17)12-13-22-20;22-20-4-2-1-3-18(20)15-7-5-14(6-8-15)16-9-10-19-17(13-16)11-12-21-19;9-7-1-2-8-6(5-7)3-4-10-8/h2-14,22H,1H3;1-13,21-22H;1-5,10H. The molecule has 0 aliphatic carbocycles. The molecule has 0 atom stereocenters. The minimum Gasteiger partial charge on any atom is -0.507 e. The van der Waals surface area contributed by atoms with Gasteiger partial charge in [-0.05, 0) is 117 Å². The first kappa shape index (κ1) is 35.3. The number of fused-ring (bicyclic) bond motifs is 3. The molecule has 0 aliphatic rings. The largest absolute Gasteiger partial charge is 0.507 e. The fourth-order valence-electron chi connectivity index (χ4n) is 6.78. The summed E-state index contributed by atoms with van der Waals surface area (Å²) in [5.74, 6) is 1.21. The van der Waals surface area contributed by atoms with Gasteiger partial charge in [-0.2, -0.15) is 0 Å². The van der Waals surface area contributed by atoms with E-state index >= 15 is 0 Å². The molecule has 268 valence electrons. The molecule has 0 saturated heterocycles. The number of H-pyrrole nitrogens is 3. The molecule has 0 fully saturated rings. The van der Waals surface area contributed by atoms with Gasteiger partial charge in [0, 0.05) is 56.1 Å². The van der Waals surface area contributed by atoms with Crippen molar-refractivity contribution in [1.82, 2.24) is 15.0 Å². The lowest BCUT2D eigenvalue weighted by Crippen LogP contribution is -1.87. The first-order chi connectivity index (χ1) is 27.0. The first-order valence-corrected chi connectivity index (χ1v) is 18.8. The van der Waals surface area contributed by atoms with Crippen LogP contribution in [0.3, 0.4) is 0 Å². The summed E-state index contributed by atoms with van der Waals surface area (Å²) >= 11 is 3.40. The summed E-state index contributed by atoms with van der Waals surface area (Å²) < 4.78 is 6.58. The summed E-state index contributed by atoms with van der Waals surface area (Å²) in [5.41, 5.74) is 12.4. The molecule has 0 radical (unpaired) electrons. The maximum atomic E-state index is 9.94. The highest BCUT2D eigenvalue weighted by atomic mass is 79.9. The highest BCUT2D eigenvalue weighted by molar-refractivity contribution is 9.10. The number of rotatable bonds is 5. The summed E-state index contributed by atoms with van der Waals surface area (Å²) in [7, 11) is 1.71. The summed E-state index contributed by atoms with van der Waals surface area (Å²) in [6.45, 7) is 0. The van der Waals surface area contributed by atoms with Crippen LogP contribution in [0.1, 0.15) is 0 Å². The molecule has 3 aromatic heterocycles. The van der Waals surface area contributed by atoms with Crippen LogP contribution in [-0.4, -0.2) is 27.2 Å². The molecule has 55 heavy (non-hydrogen) atoms. The van der Waals surface area contributed by atoms with Gasteiger partial charge >= 0.3 is 0 Å². The molecular formula is C49H38BrN3O2. The Bertz CT molecular complexity index is 2830. The Hall–Kier alpha value is -6.76. The second kappa shape index (κ2) is 16.1. The third-order valence-electron chi connectivity index (χ3n) is 9.69. The fourth-order valence-corrected chi connectivity index (χ4v) is 7.15. The topological polar surface area (TPSA) is 76.8 Å². The molecule has 6 heteroatoms. The number of halogens is 1. The van der Waals surface area contributed by atoms with Crippen molar-refractivity contribution >= 4 is 48.6 Å². The fraction of sp³-hybridized carbons (Fsp3) is 0.0204. The number of phenols is 1. The Morgan fingerprint density at radius 1 is 0.418 bits per heavy atom. The predicted octanol–water partition coefficient (Wildman–Crippen LogP) is 13.6. The van der Waals surface area contributed by atoms with Gasteiger partial charge < -0.3 is 24.8 Å². The van der Waals surface area contributed by atoms with Crippen LogP contribution < -0.4 is 4.74 Å². The lowest BCUT2D eigenvalue weighted by Gasteiger charge is -2.09. The van der Waals surface area contributed by atoms with E-state index in [2.05, 4.69) is 140 Å². The molecule has 0 unspecified atom stereocenters. The van der Waals surface area contributed by atoms with Crippen LogP contribution in [0, 0.1) is 0 Å². The minimum absolute atomic E-state index is 0.309. The van der Waals surface area contributed by atoms with Crippen molar-refractivity contribution < 1.29 is 9.84 Å². The van der Waals surface area contributed by atoms with Crippen LogP contribution in [0.4, 0.5) is 0 Å². The van der Waals surface area contributed by atoms with Crippen LogP contribution in [0.25, 0.3) is 77.2 Å². The van der Waals surface area contributed by atoms with E-state index in [9.17, 15) is 5.11 Å². The second-order valence-electron chi connectivity index (χ2n) is 13.1. The molecular weight excluding hydrogens is 742 g/mol. The van der Waals surface area contributed by atoms with Crippen molar-refractivity contribution in [3.8, 4) is 56.0 Å². The highest BCUT2D eigenvalue weighted by Gasteiger charge is 2.07. The van der Waals surface area contributed by atoms with Gasteiger partial charge in [-0.1, -0.05) is 113 Å². The molecule has 4 N–H and O–H groups in total. The van der Waals surface area contributed by atoms with Crippen LogP contribution >= 0.6 is 15.9 Å². The Morgan fingerprint density at radius 2 is 0.836 bits per heavy atom. The van der Waals surface area contributed by atoms with Crippen LogP contribution in [0.2, 0.25) is 0 Å². The predicted molar refractivity (Wildman–Crippen MR) is 233 cm³/mol. The summed E-state index contributed by atoms with van der Waals surface area (Å²) in [6.07, 6.45) is 5.87. The van der Waals surface area contributed by atoms with Gasteiger partial charge in [0.15, 0.2) is 0 Å². The van der Waals surface area contributed by atoms with Crippen LogP contribution in [-0.2, 0) is 0 Å². The molecule has 0 saturated carbocycles. The first-order valence-electron chi connectivity index (χ1n) is 18.0. The second-order valence-corrected chi connectivity index (χ2v) is 14.1. The lowest BCUT2D eigenvalue weighted by molar-refractivity contribution is 0.416. The van der Waals surface area contributed by atoms with Crippen molar-refractivity contribution in [2.24, 2.45) is 0 Å². The number of ether oxygens (including phenoxy) is 1. The van der Waals surface area contributed by atoms with E-state index in [4.69, 9.17) is 4.74 Å². The average molecular weight is 781 g/mol. The Balaban J connectivity index is 0.000000125. The third-order valence-corrected chi connectivity index (χ3v) is 10.2. The number of aromatic nitrogens is 3. The number of hydrogen-bond donors (Lipinski definition) is 4. The molecule has 0 bridgehead atoms.